The van der Waals surface area contributed by atoms with E-state index in [1.54, 1.807) is 0 Å². The minimum absolute atomic E-state index is 0.167. The van der Waals surface area contributed by atoms with E-state index in [0.717, 1.165) is 18.9 Å². The van der Waals surface area contributed by atoms with Crippen LogP contribution in [0.25, 0.3) is 0 Å². The highest BCUT2D eigenvalue weighted by molar-refractivity contribution is 4.85. The second-order valence-corrected chi connectivity index (χ2v) is 6.73. The molecule has 0 aliphatic rings. The predicted molar refractivity (Wildman–Crippen MR) is 79.9 cm³/mol. The zero-order valence-corrected chi connectivity index (χ0v) is 13.5. The molecule has 0 rings (SSSR count). The maximum atomic E-state index is 9.55. The lowest BCUT2D eigenvalue weighted by Crippen LogP contribution is -2.51. The zero-order valence-electron chi connectivity index (χ0n) is 13.5. The standard InChI is InChI=1S/C15H34N2O/c1-12(2)10-14(5)17(7)9-8-15(6,11-18)16-13(3)4/h12-14,16,18H,8-11H2,1-7H3. The number of aliphatic hydroxyl groups excluding tert-OH is 1. The van der Waals surface area contributed by atoms with Crippen LogP contribution < -0.4 is 5.32 Å². The molecule has 2 atom stereocenters. The van der Waals surface area contributed by atoms with Crippen molar-refractivity contribution in [1.82, 2.24) is 10.2 Å². The van der Waals surface area contributed by atoms with Gasteiger partial charge < -0.3 is 15.3 Å². The van der Waals surface area contributed by atoms with Crippen molar-refractivity contribution in [2.75, 3.05) is 20.2 Å². The SMILES string of the molecule is CC(C)CC(C)N(C)CCC(C)(CO)NC(C)C. The Morgan fingerprint density at radius 2 is 1.72 bits per heavy atom. The van der Waals surface area contributed by atoms with Crippen molar-refractivity contribution >= 4 is 0 Å². The van der Waals surface area contributed by atoms with E-state index in [-0.39, 0.29) is 12.1 Å². The predicted octanol–water partition coefficient (Wildman–Crippen LogP) is 2.49. The van der Waals surface area contributed by atoms with E-state index in [0.29, 0.717) is 12.1 Å². The van der Waals surface area contributed by atoms with Crippen LogP contribution in [0.5, 0.6) is 0 Å². The summed E-state index contributed by atoms with van der Waals surface area (Å²) < 4.78 is 0. The molecule has 2 N–H and O–H groups in total. The molecule has 0 amide bonds. The first kappa shape index (κ1) is 17.9. The van der Waals surface area contributed by atoms with Gasteiger partial charge in [0.25, 0.3) is 0 Å². The van der Waals surface area contributed by atoms with Gasteiger partial charge in [-0.2, -0.15) is 0 Å². The highest BCUT2D eigenvalue weighted by atomic mass is 16.3. The number of hydrogen-bond donors (Lipinski definition) is 2. The molecule has 0 aliphatic heterocycles. The molecule has 3 nitrogen and oxygen atoms in total. The average molecular weight is 258 g/mol. The average Bonchev–Trinajstić information content (AvgIpc) is 2.24. The minimum atomic E-state index is -0.167. The molecule has 3 heteroatoms. The number of hydrogen-bond acceptors (Lipinski definition) is 3. The summed E-state index contributed by atoms with van der Waals surface area (Å²) in [5.41, 5.74) is -0.167. The lowest BCUT2D eigenvalue weighted by atomic mass is 9.96. The van der Waals surface area contributed by atoms with E-state index in [1.165, 1.54) is 6.42 Å². The van der Waals surface area contributed by atoms with Gasteiger partial charge in [0.2, 0.25) is 0 Å². The fourth-order valence-electron chi connectivity index (χ4n) is 2.40. The topological polar surface area (TPSA) is 35.5 Å². The maximum Gasteiger partial charge on any atom is 0.0611 e. The normalized spacial score (nSPS) is 17.5. The second kappa shape index (κ2) is 8.13. The van der Waals surface area contributed by atoms with Crippen molar-refractivity contribution < 1.29 is 5.11 Å². The third-order valence-corrected chi connectivity index (χ3v) is 3.57. The number of rotatable bonds is 9. The van der Waals surface area contributed by atoms with Crippen molar-refractivity contribution in [3.8, 4) is 0 Å². The summed E-state index contributed by atoms with van der Waals surface area (Å²) in [4.78, 5) is 2.40. The minimum Gasteiger partial charge on any atom is -0.394 e. The Balaban J connectivity index is 4.19. The van der Waals surface area contributed by atoms with Gasteiger partial charge in [0.15, 0.2) is 0 Å². The van der Waals surface area contributed by atoms with Gasteiger partial charge in [-0.05, 0) is 46.2 Å². The quantitative estimate of drug-likeness (QED) is 0.667. The van der Waals surface area contributed by atoms with Gasteiger partial charge in [0.05, 0.1) is 6.61 Å². The van der Waals surface area contributed by atoms with Gasteiger partial charge >= 0.3 is 0 Å². The van der Waals surface area contributed by atoms with Gasteiger partial charge in [0.1, 0.15) is 0 Å². The fourth-order valence-corrected chi connectivity index (χ4v) is 2.40. The van der Waals surface area contributed by atoms with Crippen LogP contribution in [0.2, 0.25) is 0 Å². The Kier molecular flexibility index (Phi) is 8.08. The van der Waals surface area contributed by atoms with E-state index in [2.05, 4.69) is 58.8 Å². The molecule has 0 aromatic rings. The van der Waals surface area contributed by atoms with Crippen molar-refractivity contribution in [1.29, 1.82) is 0 Å². The molecule has 0 spiro atoms. The number of nitrogens with zero attached hydrogens (tertiary/aromatic N) is 1. The molecule has 0 bridgehead atoms. The summed E-state index contributed by atoms with van der Waals surface area (Å²) in [5, 5.41) is 13.0. The zero-order chi connectivity index (χ0) is 14.3. The summed E-state index contributed by atoms with van der Waals surface area (Å²) in [6.45, 7) is 14.4. The Bertz CT molecular complexity index is 219. The summed E-state index contributed by atoms with van der Waals surface area (Å²) >= 11 is 0. The van der Waals surface area contributed by atoms with Crippen LogP contribution in [-0.4, -0.2) is 47.8 Å². The van der Waals surface area contributed by atoms with Crippen LogP contribution in [0.3, 0.4) is 0 Å². The summed E-state index contributed by atoms with van der Waals surface area (Å²) in [7, 11) is 2.18. The molecular weight excluding hydrogens is 224 g/mol. The molecule has 0 aromatic carbocycles. The molecular formula is C15H34N2O. The van der Waals surface area contributed by atoms with Gasteiger partial charge in [0, 0.05) is 17.6 Å². The van der Waals surface area contributed by atoms with E-state index >= 15 is 0 Å². The highest BCUT2D eigenvalue weighted by Gasteiger charge is 2.24. The smallest absolute Gasteiger partial charge is 0.0611 e. The first-order valence-electron chi connectivity index (χ1n) is 7.29. The molecule has 0 heterocycles. The largest absolute Gasteiger partial charge is 0.394 e. The van der Waals surface area contributed by atoms with Gasteiger partial charge in [-0.25, -0.2) is 0 Å². The van der Waals surface area contributed by atoms with Crippen LogP contribution in [-0.2, 0) is 0 Å². The molecule has 0 saturated heterocycles. The van der Waals surface area contributed by atoms with Crippen molar-refractivity contribution in [3.63, 3.8) is 0 Å². The van der Waals surface area contributed by atoms with Crippen LogP contribution in [0.15, 0.2) is 0 Å². The molecule has 110 valence electrons. The van der Waals surface area contributed by atoms with E-state index < -0.39 is 0 Å². The summed E-state index contributed by atoms with van der Waals surface area (Å²) in [6.07, 6.45) is 2.20. The Morgan fingerprint density at radius 1 is 1.17 bits per heavy atom. The van der Waals surface area contributed by atoms with Crippen molar-refractivity contribution in [2.45, 2.75) is 72.0 Å². The third kappa shape index (κ3) is 7.34. The second-order valence-electron chi connectivity index (χ2n) is 6.73. The third-order valence-electron chi connectivity index (χ3n) is 3.57. The monoisotopic (exact) mass is 258 g/mol. The molecule has 0 aliphatic carbocycles. The summed E-state index contributed by atoms with van der Waals surface area (Å²) in [6, 6.07) is 1.01. The Morgan fingerprint density at radius 3 is 2.11 bits per heavy atom. The first-order chi connectivity index (χ1) is 8.20. The van der Waals surface area contributed by atoms with Crippen molar-refractivity contribution in [3.05, 3.63) is 0 Å². The Labute approximate surface area is 114 Å². The molecule has 0 aromatic heterocycles. The number of nitrogens with one attached hydrogen (secondary N) is 1. The Hall–Kier alpha value is -0.120. The van der Waals surface area contributed by atoms with E-state index in [9.17, 15) is 5.11 Å². The van der Waals surface area contributed by atoms with Crippen LogP contribution in [0, 0.1) is 5.92 Å². The van der Waals surface area contributed by atoms with E-state index in [4.69, 9.17) is 0 Å². The molecule has 18 heavy (non-hydrogen) atoms. The molecule has 2 unspecified atom stereocenters. The van der Waals surface area contributed by atoms with Crippen LogP contribution in [0.1, 0.15) is 54.4 Å². The van der Waals surface area contributed by atoms with Crippen molar-refractivity contribution in [2.24, 2.45) is 5.92 Å². The van der Waals surface area contributed by atoms with Gasteiger partial charge in [-0.3, -0.25) is 0 Å². The first-order valence-corrected chi connectivity index (χ1v) is 7.29. The molecule has 0 fully saturated rings. The molecule has 0 radical (unpaired) electrons. The van der Waals surface area contributed by atoms with Gasteiger partial charge in [-0.15, -0.1) is 0 Å². The fraction of sp³-hybridized carbons (Fsp3) is 1.00. The van der Waals surface area contributed by atoms with Crippen LogP contribution in [0.4, 0.5) is 0 Å². The van der Waals surface area contributed by atoms with Gasteiger partial charge in [-0.1, -0.05) is 27.7 Å². The lowest BCUT2D eigenvalue weighted by Gasteiger charge is -2.34. The highest BCUT2D eigenvalue weighted by Crippen LogP contribution is 2.14. The number of aliphatic hydroxyl groups is 1. The molecule has 0 saturated carbocycles. The lowest BCUT2D eigenvalue weighted by molar-refractivity contribution is 0.131. The van der Waals surface area contributed by atoms with Crippen LogP contribution >= 0.6 is 0 Å². The summed E-state index contributed by atoms with van der Waals surface area (Å²) in [5.74, 6) is 0.737. The van der Waals surface area contributed by atoms with E-state index in [1.807, 2.05) is 0 Å². The maximum absolute atomic E-state index is 9.55.